The Kier molecular flexibility index (Phi) is 4.59. The molecular formula is C14H11BrO2Se. The van der Waals surface area contributed by atoms with E-state index in [-0.39, 0.29) is 15.0 Å². The van der Waals surface area contributed by atoms with Gasteiger partial charge in [-0.05, 0) is 0 Å². The first-order chi connectivity index (χ1) is 8.66. The molecule has 0 heterocycles. The number of rotatable bonds is 4. The van der Waals surface area contributed by atoms with Crippen molar-refractivity contribution in [3.63, 3.8) is 0 Å². The van der Waals surface area contributed by atoms with Crippen molar-refractivity contribution >= 4 is 41.3 Å². The van der Waals surface area contributed by atoms with Crippen LogP contribution in [0.2, 0.25) is 0 Å². The summed E-state index contributed by atoms with van der Waals surface area (Å²) in [4.78, 5) is 11.1. The molecule has 0 saturated heterocycles. The number of benzene rings is 2. The van der Waals surface area contributed by atoms with Gasteiger partial charge in [-0.15, -0.1) is 0 Å². The molecule has 0 saturated carbocycles. The third-order valence-corrected chi connectivity index (χ3v) is 5.36. The summed E-state index contributed by atoms with van der Waals surface area (Å²) in [5, 5.41) is 10.0. The zero-order valence-corrected chi connectivity index (χ0v) is 12.8. The molecule has 0 aliphatic heterocycles. The van der Waals surface area contributed by atoms with Gasteiger partial charge in [-0.3, -0.25) is 0 Å². The molecule has 0 aliphatic rings. The number of carbonyl (C=O) groups is 1. The molecule has 2 rings (SSSR count). The first-order valence-electron chi connectivity index (χ1n) is 5.36. The van der Waals surface area contributed by atoms with E-state index in [1.165, 1.54) is 5.56 Å². The van der Waals surface area contributed by atoms with Crippen LogP contribution in [0.1, 0.15) is 15.9 Å². The zero-order valence-electron chi connectivity index (χ0n) is 9.47. The van der Waals surface area contributed by atoms with Gasteiger partial charge in [-0.1, -0.05) is 0 Å². The van der Waals surface area contributed by atoms with E-state index in [2.05, 4.69) is 28.1 Å². The Balaban J connectivity index is 2.10. The van der Waals surface area contributed by atoms with Crippen molar-refractivity contribution < 1.29 is 9.90 Å². The summed E-state index contributed by atoms with van der Waals surface area (Å²) in [6, 6.07) is 15.4. The van der Waals surface area contributed by atoms with E-state index in [0.29, 0.717) is 5.56 Å². The molecule has 92 valence electrons. The first-order valence-corrected chi connectivity index (χ1v) is 8.22. The summed E-state index contributed by atoms with van der Waals surface area (Å²) < 4.78 is 2.00. The van der Waals surface area contributed by atoms with Crippen molar-refractivity contribution in [2.75, 3.05) is 0 Å². The Labute approximate surface area is 120 Å². The third-order valence-electron chi connectivity index (χ3n) is 2.43. The molecule has 0 atom stereocenters. The van der Waals surface area contributed by atoms with Gasteiger partial charge in [0.15, 0.2) is 0 Å². The number of hydrogen-bond donors (Lipinski definition) is 1. The molecule has 0 fully saturated rings. The third kappa shape index (κ3) is 3.45. The summed E-state index contributed by atoms with van der Waals surface area (Å²) >= 11 is 3.54. The van der Waals surface area contributed by atoms with E-state index in [1.54, 1.807) is 12.1 Å². The van der Waals surface area contributed by atoms with Crippen molar-refractivity contribution in [3.8, 4) is 0 Å². The fraction of sp³-hybridized carbons (Fsp3) is 0.0714. The molecule has 18 heavy (non-hydrogen) atoms. The zero-order chi connectivity index (χ0) is 13.0. The molecule has 0 spiro atoms. The van der Waals surface area contributed by atoms with Crippen LogP contribution >= 0.6 is 15.9 Å². The predicted octanol–water partition coefficient (Wildman–Crippen LogP) is 2.68. The second-order valence-electron chi connectivity index (χ2n) is 3.72. The first kappa shape index (κ1) is 13.3. The normalized spacial score (nSPS) is 10.3. The average molecular weight is 370 g/mol. The fourth-order valence-electron chi connectivity index (χ4n) is 1.51. The summed E-state index contributed by atoms with van der Waals surface area (Å²) in [6.07, 6.45) is 0. The van der Waals surface area contributed by atoms with Gasteiger partial charge in [0.25, 0.3) is 0 Å². The van der Waals surface area contributed by atoms with Gasteiger partial charge in [-0.25, -0.2) is 0 Å². The summed E-state index contributed by atoms with van der Waals surface area (Å²) in [5.74, 6) is -0.844. The van der Waals surface area contributed by atoms with E-state index < -0.39 is 5.97 Å². The molecule has 4 heteroatoms. The summed E-state index contributed by atoms with van der Waals surface area (Å²) in [7, 11) is 0. The van der Waals surface area contributed by atoms with Gasteiger partial charge in [0.1, 0.15) is 0 Å². The molecule has 0 amide bonds. The molecule has 0 aliphatic carbocycles. The number of halogens is 1. The summed E-state index contributed by atoms with van der Waals surface area (Å²) in [5.41, 5.74) is 1.66. The van der Waals surface area contributed by atoms with E-state index in [1.807, 2.05) is 24.3 Å². The Hall–Kier alpha value is -1.09. The van der Waals surface area contributed by atoms with Crippen LogP contribution in [-0.4, -0.2) is 26.0 Å². The number of carboxylic acid groups (broad SMARTS) is 1. The fourth-order valence-corrected chi connectivity index (χ4v) is 3.87. The van der Waals surface area contributed by atoms with Gasteiger partial charge >= 0.3 is 121 Å². The SMILES string of the molecule is O=C(O)c1ccccc1[Se]Cc1ccc(Br)cc1. The Morgan fingerprint density at radius 3 is 2.44 bits per heavy atom. The Morgan fingerprint density at radius 2 is 1.78 bits per heavy atom. The van der Waals surface area contributed by atoms with Crippen molar-refractivity contribution in [1.29, 1.82) is 0 Å². The second kappa shape index (κ2) is 6.19. The van der Waals surface area contributed by atoms with Crippen LogP contribution in [0.15, 0.2) is 53.0 Å². The molecule has 2 aromatic carbocycles. The van der Waals surface area contributed by atoms with Crippen molar-refractivity contribution in [3.05, 3.63) is 64.1 Å². The predicted molar refractivity (Wildman–Crippen MR) is 76.6 cm³/mol. The van der Waals surface area contributed by atoms with Crippen LogP contribution in [0.3, 0.4) is 0 Å². The average Bonchev–Trinajstić information content (AvgIpc) is 2.38. The quantitative estimate of drug-likeness (QED) is 0.841. The van der Waals surface area contributed by atoms with Crippen molar-refractivity contribution in [1.82, 2.24) is 0 Å². The van der Waals surface area contributed by atoms with Gasteiger partial charge in [0.05, 0.1) is 0 Å². The van der Waals surface area contributed by atoms with E-state index in [4.69, 9.17) is 5.11 Å². The molecule has 0 aromatic heterocycles. The van der Waals surface area contributed by atoms with Gasteiger partial charge in [0.2, 0.25) is 0 Å². The minimum atomic E-state index is -0.844. The van der Waals surface area contributed by atoms with E-state index in [9.17, 15) is 4.79 Å². The number of carboxylic acids is 1. The molecule has 0 unspecified atom stereocenters. The van der Waals surface area contributed by atoms with E-state index >= 15 is 0 Å². The molecule has 1 N–H and O–H groups in total. The minimum absolute atomic E-state index is 0.142. The number of aromatic carboxylic acids is 1. The molecule has 0 bridgehead atoms. The maximum absolute atomic E-state index is 11.1. The van der Waals surface area contributed by atoms with Crippen molar-refractivity contribution in [2.45, 2.75) is 5.32 Å². The van der Waals surface area contributed by atoms with Gasteiger partial charge in [0, 0.05) is 0 Å². The van der Waals surface area contributed by atoms with Crippen LogP contribution in [0.25, 0.3) is 0 Å². The standard InChI is InChI=1S/C14H11BrO2Se/c15-11-7-5-10(6-8-11)9-18-13-4-2-1-3-12(13)14(16)17/h1-8H,9H2,(H,16,17). The van der Waals surface area contributed by atoms with Crippen LogP contribution in [0.4, 0.5) is 0 Å². The summed E-state index contributed by atoms with van der Waals surface area (Å²) in [6.45, 7) is 0. The Morgan fingerprint density at radius 1 is 1.11 bits per heavy atom. The molecule has 2 aromatic rings. The van der Waals surface area contributed by atoms with Gasteiger partial charge in [-0.2, -0.15) is 0 Å². The van der Waals surface area contributed by atoms with Crippen LogP contribution < -0.4 is 4.46 Å². The van der Waals surface area contributed by atoms with Crippen LogP contribution in [-0.2, 0) is 5.32 Å². The second-order valence-corrected chi connectivity index (χ2v) is 6.77. The van der Waals surface area contributed by atoms with Crippen LogP contribution in [0, 0.1) is 0 Å². The van der Waals surface area contributed by atoms with Gasteiger partial charge < -0.3 is 0 Å². The van der Waals surface area contributed by atoms with Crippen LogP contribution in [0.5, 0.6) is 0 Å². The van der Waals surface area contributed by atoms with E-state index in [0.717, 1.165) is 14.3 Å². The molecule has 0 radical (unpaired) electrons. The Bertz CT molecular complexity index is 552. The maximum atomic E-state index is 11.1. The van der Waals surface area contributed by atoms with Crippen molar-refractivity contribution in [2.24, 2.45) is 0 Å². The monoisotopic (exact) mass is 370 g/mol. The topological polar surface area (TPSA) is 37.3 Å². The number of hydrogen-bond acceptors (Lipinski definition) is 1. The molecule has 2 nitrogen and oxygen atoms in total. The molecular weight excluding hydrogens is 359 g/mol.